The van der Waals surface area contributed by atoms with Crippen LogP contribution in [-0.4, -0.2) is 49.6 Å². The van der Waals surface area contributed by atoms with Gasteiger partial charge in [-0.05, 0) is 29.7 Å². The molecule has 2 aromatic carbocycles. The number of likely N-dealkylation sites (tertiary alicyclic amines) is 1. The van der Waals surface area contributed by atoms with Gasteiger partial charge in [-0.3, -0.25) is 9.59 Å². The van der Waals surface area contributed by atoms with Crippen molar-refractivity contribution in [1.29, 1.82) is 0 Å². The monoisotopic (exact) mass is 410 g/mol. The summed E-state index contributed by atoms with van der Waals surface area (Å²) in [4.78, 5) is 26.3. The van der Waals surface area contributed by atoms with E-state index in [-0.39, 0.29) is 23.8 Å². The molecule has 0 radical (unpaired) electrons. The molecule has 1 fully saturated rings. The first-order valence-corrected chi connectivity index (χ1v) is 10.4. The third-order valence-electron chi connectivity index (χ3n) is 5.55. The fraction of sp³-hybridized carbons (Fsp3) is 0.417. The molecule has 1 atom stereocenters. The van der Waals surface area contributed by atoms with Crippen LogP contribution in [-0.2, 0) is 4.79 Å². The highest BCUT2D eigenvalue weighted by atomic mass is 16.5. The van der Waals surface area contributed by atoms with Gasteiger partial charge in [-0.1, -0.05) is 37.3 Å². The van der Waals surface area contributed by atoms with Crippen LogP contribution in [0.25, 0.3) is 0 Å². The van der Waals surface area contributed by atoms with Crippen molar-refractivity contribution in [2.45, 2.75) is 38.7 Å². The summed E-state index contributed by atoms with van der Waals surface area (Å²) in [5.41, 5.74) is 1.64. The molecule has 1 heterocycles. The quantitative estimate of drug-likeness (QED) is 0.757. The van der Waals surface area contributed by atoms with Crippen LogP contribution in [0.3, 0.4) is 0 Å². The summed E-state index contributed by atoms with van der Waals surface area (Å²) in [5.74, 6) is 1.25. The molecule has 30 heavy (non-hydrogen) atoms. The van der Waals surface area contributed by atoms with Gasteiger partial charge in [0.25, 0.3) is 5.91 Å². The van der Waals surface area contributed by atoms with E-state index in [4.69, 9.17) is 9.47 Å². The van der Waals surface area contributed by atoms with E-state index in [0.717, 1.165) is 12.8 Å². The van der Waals surface area contributed by atoms with Gasteiger partial charge < -0.3 is 19.7 Å². The van der Waals surface area contributed by atoms with Crippen molar-refractivity contribution >= 4 is 11.8 Å². The lowest BCUT2D eigenvalue weighted by Gasteiger charge is -2.31. The number of carbonyl (C=O) groups is 2. The van der Waals surface area contributed by atoms with Crippen LogP contribution in [0.4, 0.5) is 0 Å². The Labute approximate surface area is 178 Å². The second-order valence-corrected chi connectivity index (χ2v) is 7.71. The van der Waals surface area contributed by atoms with Gasteiger partial charge in [0.1, 0.15) is 17.6 Å². The largest absolute Gasteiger partial charge is 0.497 e. The minimum absolute atomic E-state index is 0.0243. The van der Waals surface area contributed by atoms with Crippen molar-refractivity contribution in [3.05, 3.63) is 59.7 Å². The highest BCUT2D eigenvalue weighted by Gasteiger charge is 2.24. The molecular weight excluding hydrogens is 380 g/mol. The second-order valence-electron chi connectivity index (χ2n) is 7.71. The highest BCUT2D eigenvalue weighted by Crippen LogP contribution is 2.27. The number of methoxy groups -OCH3 is 1. The number of amides is 2. The molecule has 0 bridgehead atoms. The first-order valence-electron chi connectivity index (χ1n) is 10.4. The molecule has 0 unspecified atom stereocenters. The Morgan fingerprint density at radius 1 is 1.13 bits per heavy atom. The third kappa shape index (κ3) is 5.53. The van der Waals surface area contributed by atoms with Crippen molar-refractivity contribution < 1.29 is 19.1 Å². The molecule has 1 saturated heterocycles. The zero-order valence-corrected chi connectivity index (χ0v) is 17.9. The molecule has 1 aliphatic heterocycles. The van der Waals surface area contributed by atoms with Gasteiger partial charge in [0.05, 0.1) is 12.7 Å². The van der Waals surface area contributed by atoms with Crippen molar-refractivity contribution in [1.82, 2.24) is 10.2 Å². The van der Waals surface area contributed by atoms with E-state index >= 15 is 0 Å². The Morgan fingerprint density at radius 3 is 2.47 bits per heavy atom. The van der Waals surface area contributed by atoms with Crippen molar-refractivity contribution in [3.63, 3.8) is 0 Å². The van der Waals surface area contributed by atoms with E-state index in [1.807, 2.05) is 23.1 Å². The standard InChI is InChI=1S/C24H30N2O4/c1-17(19-7-5-4-6-8-19)16-25-24(28)22-15-21(29-3)9-10-23(22)30-20-11-13-26(14-12-20)18(2)27/h4-10,15,17,20H,11-14,16H2,1-3H3,(H,25,28)/t17-/m1/s1. The van der Waals surface area contributed by atoms with E-state index in [0.29, 0.717) is 36.7 Å². The average Bonchev–Trinajstić information content (AvgIpc) is 2.78. The molecule has 1 aliphatic rings. The number of rotatable bonds is 7. The van der Waals surface area contributed by atoms with E-state index in [9.17, 15) is 9.59 Å². The van der Waals surface area contributed by atoms with Gasteiger partial charge in [0.2, 0.25) is 5.91 Å². The van der Waals surface area contributed by atoms with Gasteiger partial charge in [0.15, 0.2) is 0 Å². The number of nitrogens with zero attached hydrogens (tertiary/aromatic N) is 1. The van der Waals surface area contributed by atoms with E-state index in [2.05, 4.69) is 24.4 Å². The maximum atomic E-state index is 13.0. The van der Waals surface area contributed by atoms with Crippen LogP contribution < -0.4 is 14.8 Å². The molecule has 0 spiro atoms. The predicted molar refractivity (Wildman–Crippen MR) is 116 cm³/mol. The Hall–Kier alpha value is -3.02. The minimum Gasteiger partial charge on any atom is -0.497 e. The summed E-state index contributed by atoms with van der Waals surface area (Å²) in [6.45, 7) is 5.54. The Bertz CT molecular complexity index is 861. The zero-order valence-electron chi connectivity index (χ0n) is 17.9. The highest BCUT2D eigenvalue weighted by molar-refractivity contribution is 5.97. The molecule has 0 saturated carbocycles. The summed E-state index contributed by atoms with van der Waals surface area (Å²) in [6, 6.07) is 15.4. The molecule has 0 aliphatic carbocycles. The summed E-state index contributed by atoms with van der Waals surface area (Å²) in [6.07, 6.45) is 1.47. The number of ether oxygens (including phenoxy) is 2. The van der Waals surface area contributed by atoms with Crippen LogP contribution in [0, 0.1) is 0 Å². The maximum Gasteiger partial charge on any atom is 0.255 e. The fourth-order valence-electron chi connectivity index (χ4n) is 3.62. The molecular formula is C24H30N2O4. The molecule has 0 aromatic heterocycles. The van der Waals surface area contributed by atoms with E-state index in [1.165, 1.54) is 5.56 Å². The number of hydrogen-bond acceptors (Lipinski definition) is 4. The predicted octanol–water partition coefficient (Wildman–Crippen LogP) is 3.62. The van der Waals surface area contributed by atoms with Crippen LogP contribution in [0.2, 0.25) is 0 Å². The normalized spacial score (nSPS) is 15.4. The molecule has 160 valence electrons. The molecule has 6 heteroatoms. The topological polar surface area (TPSA) is 67.9 Å². The fourth-order valence-corrected chi connectivity index (χ4v) is 3.62. The Balaban J connectivity index is 1.67. The van der Waals surface area contributed by atoms with Crippen LogP contribution in [0.15, 0.2) is 48.5 Å². The number of nitrogens with one attached hydrogen (secondary N) is 1. The summed E-state index contributed by atoms with van der Waals surface area (Å²) < 4.78 is 11.5. The molecule has 2 aromatic rings. The average molecular weight is 411 g/mol. The Morgan fingerprint density at radius 2 is 1.83 bits per heavy atom. The lowest BCUT2D eigenvalue weighted by atomic mass is 10.0. The first-order chi connectivity index (χ1) is 14.5. The Kier molecular flexibility index (Phi) is 7.33. The van der Waals surface area contributed by atoms with Gasteiger partial charge in [-0.15, -0.1) is 0 Å². The van der Waals surface area contributed by atoms with Crippen LogP contribution in [0.5, 0.6) is 11.5 Å². The summed E-state index contributed by atoms with van der Waals surface area (Å²) in [7, 11) is 1.58. The molecule has 1 N–H and O–H groups in total. The summed E-state index contributed by atoms with van der Waals surface area (Å²) >= 11 is 0. The summed E-state index contributed by atoms with van der Waals surface area (Å²) in [5, 5.41) is 3.02. The molecule has 6 nitrogen and oxygen atoms in total. The van der Waals surface area contributed by atoms with E-state index < -0.39 is 0 Å². The van der Waals surface area contributed by atoms with Gasteiger partial charge >= 0.3 is 0 Å². The first kappa shape index (κ1) is 21.7. The SMILES string of the molecule is COc1ccc(OC2CCN(C(C)=O)CC2)c(C(=O)NC[C@@H](C)c2ccccc2)c1. The van der Waals surface area contributed by atoms with Crippen molar-refractivity contribution in [2.75, 3.05) is 26.7 Å². The van der Waals surface area contributed by atoms with Crippen molar-refractivity contribution in [2.24, 2.45) is 0 Å². The van der Waals surface area contributed by atoms with Crippen LogP contribution >= 0.6 is 0 Å². The molecule has 3 rings (SSSR count). The number of piperidine rings is 1. The lowest BCUT2D eigenvalue weighted by molar-refractivity contribution is -0.130. The second kappa shape index (κ2) is 10.1. The number of carbonyl (C=O) groups excluding carboxylic acids is 2. The van der Waals surface area contributed by atoms with Crippen LogP contribution in [0.1, 0.15) is 48.5 Å². The minimum atomic E-state index is -0.187. The van der Waals surface area contributed by atoms with Gasteiger partial charge in [-0.25, -0.2) is 0 Å². The zero-order chi connectivity index (χ0) is 21.5. The smallest absolute Gasteiger partial charge is 0.255 e. The molecule has 2 amide bonds. The number of hydrogen-bond donors (Lipinski definition) is 1. The van der Waals surface area contributed by atoms with E-state index in [1.54, 1.807) is 32.2 Å². The van der Waals surface area contributed by atoms with Gasteiger partial charge in [-0.2, -0.15) is 0 Å². The number of benzene rings is 2. The van der Waals surface area contributed by atoms with Crippen molar-refractivity contribution in [3.8, 4) is 11.5 Å². The third-order valence-corrected chi connectivity index (χ3v) is 5.55. The lowest BCUT2D eigenvalue weighted by Crippen LogP contribution is -2.40. The van der Waals surface area contributed by atoms with Gasteiger partial charge in [0, 0.05) is 39.4 Å². The maximum absolute atomic E-state index is 13.0.